The van der Waals surface area contributed by atoms with Gasteiger partial charge in [-0.15, -0.1) is 0 Å². The van der Waals surface area contributed by atoms with Crippen molar-refractivity contribution in [3.05, 3.63) is 59.2 Å². The minimum Gasteiger partial charge on any atom is -0.468 e. The Morgan fingerprint density at radius 3 is 2.37 bits per heavy atom. The second kappa shape index (κ2) is 5.94. The number of carbonyl (C=O) groups is 1. The molecule has 158 valence electrons. The van der Waals surface area contributed by atoms with E-state index in [1.165, 1.54) is 7.11 Å². The molecule has 2 saturated heterocycles. The molecule has 5 rings (SSSR count). The van der Waals surface area contributed by atoms with Gasteiger partial charge < -0.3 is 9.47 Å². The minimum absolute atomic E-state index is 0.241. The van der Waals surface area contributed by atoms with Gasteiger partial charge in [-0.1, -0.05) is 71.0 Å². The number of hydrogen-bond donors (Lipinski definition) is 0. The highest BCUT2D eigenvalue weighted by Gasteiger charge is 2.81. The lowest BCUT2D eigenvalue weighted by atomic mass is 9.57. The van der Waals surface area contributed by atoms with Gasteiger partial charge in [-0.05, 0) is 28.3 Å². The van der Waals surface area contributed by atoms with Crippen LogP contribution in [0.15, 0.2) is 42.5 Å². The summed E-state index contributed by atoms with van der Waals surface area (Å²) >= 11 is 0. The molecular weight excluding hydrogens is 380 g/mol. The average molecular weight is 408 g/mol. The molecule has 0 amide bonds. The lowest BCUT2D eigenvalue weighted by Crippen LogP contribution is -2.73. The standard InChI is InChI=1S/C25H28O5/c1-22(2,3)25-23(4,5)14-28-24(25,29-30-25)15-11-12-17-16-9-7-8-10-18(16)20(19(17)13-15)21(26)27-6/h7-13,20H,14H2,1-6H3. The molecule has 2 heterocycles. The molecule has 0 aromatic heterocycles. The second-order valence-corrected chi connectivity index (χ2v) is 10.2. The van der Waals surface area contributed by atoms with E-state index >= 15 is 0 Å². The van der Waals surface area contributed by atoms with Crippen LogP contribution >= 0.6 is 0 Å². The summed E-state index contributed by atoms with van der Waals surface area (Å²) in [6, 6.07) is 14.1. The number of carbonyl (C=O) groups excluding carboxylic acids is 1. The highest BCUT2D eigenvalue weighted by atomic mass is 17.3. The van der Waals surface area contributed by atoms with Gasteiger partial charge in [-0.3, -0.25) is 4.79 Å². The van der Waals surface area contributed by atoms with Gasteiger partial charge in [0.25, 0.3) is 5.79 Å². The number of fused-ring (bicyclic) bond motifs is 4. The maximum absolute atomic E-state index is 12.7. The maximum Gasteiger partial charge on any atom is 0.317 e. The molecule has 2 aliphatic heterocycles. The third-order valence-corrected chi connectivity index (χ3v) is 7.13. The van der Waals surface area contributed by atoms with Gasteiger partial charge in [0, 0.05) is 16.4 Å². The fourth-order valence-electron chi connectivity index (χ4n) is 6.02. The summed E-state index contributed by atoms with van der Waals surface area (Å²) in [5.41, 5.74) is 3.70. The van der Waals surface area contributed by atoms with E-state index in [9.17, 15) is 4.79 Å². The molecule has 0 spiro atoms. The van der Waals surface area contributed by atoms with Crippen LogP contribution in [0.4, 0.5) is 0 Å². The van der Waals surface area contributed by atoms with Crippen molar-refractivity contribution in [3.8, 4) is 11.1 Å². The molecule has 0 bridgehead atoms. The van der Waals surface area contributed by atoms with E-state index in [0.29, 0.717) is 6.61 Å². The SMILES string of the molecule is COC(=O)C1c2ccccc2-c2ccc(C34OCC(C)(C)C3(C(C)(C)C)OO4)cc21. The van der Waals surface area contributed by atoms with Crippen molar-refractivity contribution in [2.75, 3.05) is 13.7 Å². The first kappa shape index (κ1) is 19.7. The predicted molar refractivity (Wildman–Crippen MR) is 112 cm³/mol. The third kappa shape index (κ3) is 2.10. The largest absolute Gasteiger partial charge is 0.468 e. The Balaban J connectivity index is 1.70. The topological polar surface area (TPSA) is 54.0 Å². The Morgan fingerprint density at radius 1 is 1.03 bits per heavy atom. The fraction of sp³-hybridized carbons (Fsp3) is 0.480. The van der Waals surface area contributed by atoms with Crippen LogP contribution in [-0.4, -0.2) is 25.3 Å². The average Bonchev–Trinajstić information content (AvgIpc) is 3.07. The molecule has 2 aromatic rings. The van der Waals surface area contributed by atoms with Crippen LogP contribution in [0.2, 0.25) is 0 Å². The number of benzene rings is 2. The van der Waals surface area contributed by atoms with E-state index in [1.807, 2.05) is 36.4 Å². The van der Waals surface area contributed by atoms with Gasteiger partial charge in [0.15, 0.2) is 5.60 Å². The van der Waals surface area contributed by atoms with Gasteiger partial charge in [-0.25, -0.2) is 4.89 Å². The van der Waals surface area contributed by atoms with Crippen molar-refractivity contribution in [1.29, 1.82) is 0 Å². The zero-order chi connectivity index (χ0) is 21.5. The van der Waals surface area contributed by atoms with Gasteiger partial charge >= 0.3 is 5.97 Å². The number of methoxy groups -OCH3 is 1. The van der Waals surface area contributed by atoms with E-state index in [1.54, 1.807) is 0 Å². The highest BCUT2D eigenvalue weighted by molar-refractivity contribution is 5.93. The quantitative estimate of drug-likeness (QED) is 0.521. The zero-order valence-electron chi connectivity index (χ0n) is 18.4. The van der Waals surface area contributed by atoms with Crippen molar-refractivity contribution in [1.82, 2.24) is 0 Å². The summed E-state index contributed by atoms with van der Waals surface area (Å²) in [5.74, 6) is -1.74. The third-order valence-electron chi connectivity index (χ3n) is 7.13. The van der Waals surface area contributed by atoms with E-state index in [-0.39, 0.29) is 16.8 Å². The Morgan fingerprint density at radius 2 is 1.73 bits per heavy atom. The Hall–Kier alpha value is -2.21. The molecule has 3 aliphatic rings. The van der Waals surface area contributed by atoms with Crippen LogP contribution in [-0.2, 0) is 29.8 Å². The zero-order valence-corrected chi connectivity index (χ0v) is 18.4. The summed E-state index contributed by atoms with van der Waals surface area (Å²) in [6.45, 7) is 11.3. The van der Waals surface area contributed by atoms with E-state index in [2.05, 4.69) is 40.7 Å². The number of hydrogen-bond acceptors (Lipinski definition) is 5. The minimum atomic E-state index is -1.01. The molecule has 5 nitrogen and oxygen atoms in total. The summed E-state index contributed by atoms with van der Waals surface area (Å²) in [4.78, 5) is 24.5. The highest BCUT2D eigenvalue weighted by Crippen LogP contribution is 2.69. The maximum atomic E-state index is 12.7. The Labute approximate surface area is 177 Å². The van der Waals surface area contributed by atoms with Gasteiger partial charge in [0.1, 0.15) is 5.92 Å². The monoisotopic (exact) mass is 408 g/mol. The molecule has 30 heavy (non-hydrogen) atoms. The molecular formula is C25H28O5. The van der Waals surface area contributed by atoms with Crippen molar-refractivity contribution < 1.29 is 24.0 Å². The molecule has 2 fully saturated rings. The first-order valence-corrected chi connectivity index (χ1v) is 10.4. The first-order valence-electron chi connectivity index (χ1n) is 10.4. The molecule has 3 atom stereocenters. The van der Waals surface area contributed by atoms with Crippen molar-refractivity contribution >= 4 is 5.97 Å². The smallest absolute Gasteiger partial charge is 0.317 e. The van der Waals surface area contributed by atoms with Crippen molar-refractivity contribution in [2.24, 2.45) is 10.8 Å². The Bertz CT molecular complexity index is 1050. The molecule has 5 heteroatoms. The summed E-state index contributed by atoms with van der Waals surface area (Å²) in [5, 5.41) is 0. The molecule has 2 aromatic carbocycles. The number of ether oxygens (including phenoxy) is 2. The summed E-state index contributed by atoms with van der Waals surface area (Å²) in [6.07, 6.45) is 0. The van der Waals surface area contributed by atoms with E-state index in [4.69, 9.17) is 19.2 Å². The molecule has 0 N–H and O–H groups in total. The van der Waals surface area contributed by atoms with Gasteiger partial charge in [0.2, 0.25) is 0 Å². The van der Waals surface area contributed by atoms with Crippen LogP contribution in [0.3, 0.4) is 0 Å². The normalized spacial score (nSPS) is 30.8. The fourth-order valence-corrected chi connectivity index (χ4v) is 6.02. The van der Waals surface area contributed by atoms with Crippen LogP contribution < -0.4 is 0 Å². The molecule has 1 aliphatic carbocycles. The van der Waals surface area contributed by atoms with Crippen molar-refractivity contribution in [2.45, 2.75) is 51.9 Å². The second-order valence-electron chi connectivity index (χ2n) is 10.2. The summed E-state index contributed by atoms with van der Waals surface area (Å²) in [7, 11) is 1.43. The van der Waals surface area contributed by atoms with Gasteiger partial charge in [0.05, 0.1) is 13.7 Å². The van der Waals surface area contributed by atoms with E-state index in [0.717, 1.165) is 27.8 Å². The lowest BCUT2D eigenvalue weighted by Gasteiger charge is -2.61. The molecule has 3 unspecified atom stereocenters. The molecule has 0 saturated carbocycles. The molecule has 0 radical (unpaired) electrons. The first-order chi connectivity index (χ1) is 14.1. The lowest BCUT2D eigenvalue weighted by molar-refractivity contribution is -0.626. The Kier molecular flexibility index (Phi) is 3.90. The van der Waals surface area contributed by atoms with E-state index < -0.39 is 17.3 Å². The van der Waals surface area contributed by atoms with Crippen LogP contribution in [0.1, 0.15) is 57.2 Å². The van der Waals surface area contributed by atoms with Crippen molar-refractivity contribution in [3.63, 3.8) is 0 Å². The summed E-state index contributed by atoms with van der Waals surface area (Å²) < 4.78 is 11.5. The van der Waals surface area contributed by atoms with Crippen LogP contribution in [0.5, 0.6) is 0 Å². The van der Waals surface area contributed by atoms with Crippen LogP contribution in [0, 0.1) is 10.8 Å². The number of rotatable bonds is 2. The van der Waals surface area contributed by atoms with Gasteiger partial charge in [-0.2, -0.15) is 4.89 Å². The predicted octanol–water partition coefficient (Wildman–Crippen LogP) is 4.93. The van der Waals surface area contributed by atoms with Crippen LogP contribution in [0.25, 0.3) is 11.1 Å². The number of esters is 1.